The summed E-state index contributed by atoms with van der Waals surface area (Å²) in [4.78, 5) is 9.76. The molecule has 5 heteroatoms. The number of hydrogen-bond donors (Lipinski definition) is 0. The highest BCUT2D eigenvalue weighted by Gasteiger charge is 2.29. The van der Waals surface area contributed by atoms with Gasteiger partial charge in [0.05, 0.1) is 22.4 Å². The maximum atomic E-state index is 6.98. The SMILES string of the molecule is CCCc1ccc2c(c1)c1cc(CCC)c(Oc3cccc(N4CN(c5cccc(C(C)(C)C)c5)c5ccccc54)c3)cc1n2-c1cc(C(C)(C)C)ccn1. The van der Waals surface area contributed by atoms with E-state index in [1.807, 2.05) is 6.20 Å². The van der Waals surface area contributed by atoms with E-state index < -0.39 is 0 Å². The zero-order valence-corrected chi connectivity index (χ0v) is 33.8. The highest BCUT2D eigenvalue weighted by Crippen LogP contribution is 2.46. The topological polar surface area (TPSA) is 33.5 Å². The van der Waals surface area contributed by atoms with Crippen molar-refractivity contribution in [3.8, 4) is 17.3 Å². The maximum absolute atomic E-state index is 6.98. The zero-order chi connectivity index (χ0) is 38.5. The van der Waals surface area contributed by atoms with Crippen LogP contribution in [0.25, 0.3) is 27.6 Å². The van der Waals surface area contributed by atoms with Crippen molar-refractivity contribution in [2.45, 2.75) is 91.9 Å². The summed E-state index contributed by atoms with van der Waals surface area (Å²) in [5.41, 5.74) is 12.2. The van der Waals surface area contributed by atoms with Crippen LogP contribution in [0.15, 0.2) is 121 Å². The van der Waals surface area contributed by atoms with Crippen LogP contribution in [0.2, 0.25) is 0 Å². The molecule has 8 rings (SSSR count). The van der Waals surface area contributed by atoms with Gasteiger partial charge in [0, 0.05) is 40.5 Å². The number of fused-ring (bicyclic) bond motifs is 4. The quantitative estimate of drug-likeness (QED) is 0.148. The first-order valence-electron chi connectivity index (χ1n) is 20.0. The maximum Gasteiger partial charge on any atom is 0.137 e. The van der Waals surface area contributed by atoms with Gasteiger partial charge in [0.2, 0.25) is 0 Å². The first kappa shape index (κ1) is 36.4. The molecule has 0 bridgehead atoms. The molecule has 1 aliphatic heterocycles. The number of anilines is 4. The molecule has 0 fully saturated rings. The Morgan fingerprint density at radius 2 is 1.25 bits per heavy atom. The molecular formula is C50H54N4O. The number of ether oxygens (including phenoxy) is 1. The first-order valence-corrected chi connectivity index (χ1v) is 20.0. The van der Waals surface area contributed by atoms with Crippen molar-refractivity contribution in [3.05, 3.63) is 144 Å². The smallest absolute Gasteiger partial charge is 0.137 e. The standard InChI is InChI=1S/C50H54N4O/c1-9-15-34-23-24-43-41(27-34)42-28-35(16-10-2)47(32-46(42)54(43)48-30-37(25-26-51-48)50(6,7)8)55-40-20-14-19-39(31-40)53-33-52(44-21-11-12-22-45(44)53)38-18-13-17-36(29-38)49(3,4)5/h11-14,17-32H,9-10,15-16,33H2,1-8H3. The fraction of sp³-hybridized carbons (Fsp3) is 0.300. The van der Waals surface area contributed by atoms with Crippen molar-refractivity contribution in [2.75, 3.05) is 16.5 Å². The molecule has 0 saturated heterocycles. The Morgan fingerprint density at radius 1 is 0.600 bits per heavy atom. The van der Waals surface area contributed by atoms with Gasteiger partial charge in [-0.2, -0.15) is 0 Å². The van der Waals surface area contributed by atoms with E-state index in [4.69, 9.17) is 9.72 Å². The summed E-state index contributed by atoms with van der Waals surface area (Å²) in [6.45, 7) is 18.8. The van der Waals surface area contributed by atoms with Gasteiger partial charge >= 0.3 is 0 Å². The third kappa shape index (κ3) is 6.97. The van der Waals surface area contributed by atoms with Crippen molar-refractivity contribution < 1.29 is 4.74 Å². The lowest BCUT2D eigenvalue weighted by molar-refractivity contribution is 0.476. The van der Waals surface area contributed by atoms with Crippen LogP contribution in [0.4, 0.5) is 22.7 Å². The normalized spacial score (nSPS) is 13.2. The minimum absolute atomic E-state index is 0.00166. The van der Waals surface area contributed by atoms with Crippen LogP contribution in [0, 0.1) is 0 Å². The van der Waals surface area contributed by atoms with Crippen molar-refractivity contribution >= 4 is 44.6 Å². The predicted octanol–water partition coefficient (Wildman–Crippen LogP) is 13.7. The van der Waals surface area contributed by atoms with Gasteiger partial charge in [0.15, 0.2) is 0 Å². The average Bonchev–Trinajstić information content (AvgIpc) is 3.70. The number of hydrogen-bond acceptors (Lipinski definition) is 4. The Kier molecular flexibility index (Phi) is 9.45. The van der Waals surface area contributed by atoms with Crippen LogP contribution in [-0.4, -0.2) is 16.2 Å². The first-order chi connectivity index (χ1) is 26.4. The van der Waals surface area contributed by atoms with Crippen LogP contribution in [0.1, 0.15) is 90.5 Å². The molecule has 0 radical (unpaired) electrons. The second kappa shape index (κ2) is 14.3. The summed E-state index contributed by atoms with van der Waals surface area (Å²) in [5.74, 6) is 2.64. The van der Waals surface area contributed by atoms with Gasteiger partial charge in [-0.15, -0.1) is 0 Å². The molecule has 3 heterocycles. The monoisotopic (exact) mass is 726 g/mol. The predicted molar refractivity (Wildman–Crippen MR) is 233 cm³/mol. The van der Waals surface area contributed by atoms with Crippen molar-refractivity contribution in [1.82, 2.24) is 9.55 Å². The van der Waals surface area contributed by atoms with Crippen molar-refractivity contribution in [1.29, 1.82) is 0 Å². The zero-order valence-electron chi connectivity index (χ0n) is 33.8. The molecule has 280 valence electrons. The molecular weight excluding hydrogens is 673 g/mol. The third-order valence-corrected chi connectivity index (χ3v) is 11.0. The highest BCUT2D eigenvalue weighted by molar-refractivity contribution is 6.10. The number of para-hydroxylation sites is 2. The number of benzene rings is 5. The van der Waals surface area contributed by atoms with Gasteiger partial charge < -0.3 is 14.5 Å². The summed E-state index contributed by atoms with van der Waals surface area (Å²) in [6.07, 6.45) is 6.07. The van der Waals surface area contributed by atoms with E-state index in [2.05, 4.69) is 185 Å². The fourth-order valence-corrected chi connectivity index (χ4v) is 8.03. The molecule has 0 unspecified atom stereocenters. The van der Waals surface area contributed by atoms with E-state index in [9.17, 15) is 0 Å². The van der Waals surface area contributed by atoms with Crippen LogP contribution in [0.5, 0.6) is 11.5 Å². The van der Waals surface area contributed by atoms with Crippen LogP contribution < -0.4 is 14.5 Å². The van der Waals surface area contributed by atoms with Crippen LogP contribution >= 0.6 is 0 Å². The molecule has 0 atom stereocenters. The Morgan fingerprint density at radius 3 is 1.95 bits per heavy atom. The Bertz CT molecular complexity index is 2510. The van der Waals surface area contributed by atoms with Crippen molar-refractivity contribution in [3.63, 3.8) is 0 Å². The summed E-state index contributed by atoms with van der Waals surface area (Å²) in [6, 6.07) is 42.2. The second-order valence-electron chi connectivity index (χ2n) is 17.2. The van der Waals surface area contributed by atoms with Gasteiger partial charge in [-0.25, -0.2) is 4.98 Å². The Labute approximate surface area is 327 Å². The minimum Gasteiger partial charge on any atom is -0.457 e. The molecule has 0 spiro atoms. The summed E-state index contributed by atoms with van der Waals surface area (Å²) in [7, 11) is 0. The van der Waals surface area contributed by atoms with E-state index in [0.29, 0.717) is 6.67 Å². The molecule has 55 heavy (non-hydrogen) atoms. The Hall–Kier alpha value is -5.55. The molecule has 5 aromatic carbocycles. The number of aryl methyl sites for hydroxylation is 2. The van der Waals surface area contributed by atoms with E-state index in [1.165, 1.54) is 55.6 Å². The van der Waals surface area contributed by atoms with Gasteiger partial charge in [-0.05, 0) is 113 Å². The minimum atomic E-state index is 0.00166. The van der Waals surface area contributed by atoms with Crippen LogP contribution in [-0.2, 0) is 23.7 Å². The van der Waals surface area contributed by atoms with Crippen molar-refractivity contribution in [2.24, 2.45) is 0 Å². The molecule has 1 aliphatic rings. The average molecular weight is 727 g/mol. The second-order valence-corrected chi connectivity index (χ2v) is 17.2. The van der Waals surface area contributed by atoms with Crippen LogP contribution in [0.3, 0.4) is 0 Å². The molecule has 0 saturated carbocycles. The number of nitrogens with zero attached hydrogens (tertiary/aromatic N) is 4. The number of aromatic nitrogens is 2. The summed E-state index contributed by atoms with van der Waals surface area (Å²) in [5, 5.41) is 2.50. The molecule has 0 aliphatic carbocycles. The Balaban J connectivity index is 1.21. The van der Waals surface area contributed by atoms with E-state index in [-0.39, 0.29) is 10.8 Å². The summed E-state index contributed by atoms with van der Waals surface area (Å²) < 4.78 is 9.31. The van der Waals surface area contributed by atoms with Gasteiger partial charge in [-0.3, -0.25) is 4.57 Å². The van der Waals surface area contributed by atoms with E-state index in [0.717, 1.165) is 54.2 Å². The molecule has 0 N–H and O–H groups in total. The lowest BCUT2D eigenvalue weighted by atomic mass is 9.87. The lowest BCUT2D eigenvalue weighted by Gasteiger charge is -2.25. The number of pyridine rings is 1. The largest absolute Gasteiger partial charge is 0.457 e. The molecule has 7 aromatic rings. The third-order valence-electron chi connectivity index (χ3n) is 11.0. The van der Waals surface area contributed by atoms with Gasteiger partial charge in [0.25, 0.3) is 0 Å². The fourth-order valence-electron chi connectivity index (χ4n) is 8.03. The molecule has 0 amide bonds. The van der Waals surface area contributed by atoms with E-state index >= 15 is 0 Å². The van der Waals surface area contributed by atoms with Gasteiger partial charge in [-0.1, -0.05) is 105 Å². The number of rotatable bonds is 9. The highest BCUT2D eigenvalue weighted by atomic mass is 16.5. The molecule has 5 nitrogen and oxygen atoms in total. The summed E-state index contributed by atoms with van der Waals surface area (Å²) >= 11 is 0. The van der Waals surface area contributed by atoms with Gasteiger partial charge in [0.1, 0.15) is 24.0 Å². The molecule has 2 aromatic heterocycles. The van der Waals surface area contributed by atoms with E-state index in [1.54, 1.807) is 0 Å². The lowest BCUT2D eigenvalue weighted by Crippen LogP contribution is -2.24.